The van der Waals surface area contributed by atoms with Crippen LogP contribution >= 0.6 is 0 Å². The van der Waals surface area contributed by atoms with Crippen molar-refractivity contribution in [3.63, 3.8) is 0 Å². The molecule has 3 aromatic carbocycles. The molecule has 5 atom stereocenters. The van der Waals surface area contributed by atoms with E-state index in [1.54, 1.807) is 49.4 Å². The van der Waals surface area contributed by atoms with Gasteiger partial charge in [-0.2, -0.15) is 8.42 Å². The lowest BCUT2D eigenvalue weighted by atomic mass is 9.90. The molecule has 15 nitrogen and oxygen atoms in total. The molecule has 1 saturated heterocycles. The van der Waals surface area contributed by atoms with Gasteiger partial charge < -0.3 is 31.1 Å². The summed E-state index contributed by atoms with van der Waals surface area (Å²) in [6.45, 7) is 11.7. The summed E-state index contributed by atoms with van der Waals surface area (Å²) >= 11 is 0. The van der Waals surface area contributed by atoms with Gasteiger partial charge >= 0.3 is 0 Å². The molecule has 0 aliphatic carbocycles. The van der Waals surface area contributed by atoms with Crippen molar-refractivity contribution in [3.8, 4) is 0 Å². The average molecular weight is 892 g/mol. The predicted octanol–water partition coefficient (Wildman–Crippen LogP) is 3.26. The van der Waals surface area contributed by atoms with Crippen molar-refractivity contribution in [2.45, 2.75) is 108 Å². The Bertz CT molecular complexity index is 2060. The van der Waals surface area contributed by atoms with E-state index in [0.717, 1.165) is 18.1 Å². The van der Waals surface area contributed by atoms with Crippen molar-refractivity contribution >= 4 is 39.5 Å². The Labute approximate surface area is 372 Å². The van der Waals surface area contributed by atoms with Crippen molar-refractivity contribution in [1.29, 1.82) is 0 Å². The highest BCUT2D eigenvalue weighted by Crippen LogP contribution is 2.20. The van der Waals surface area contributed by atoms with Crippen molar-refractivity contribution in [1.82, 2.24) is 26.2 Å². The van der Waals surface area contributed by atoms with E-state index in [1.165, 1.54) is 12.1 Å². The standard InChI is InChI=1S/C47H65N5O10S/c1-32(2)27-39(43(54)47(6,58)31-62-63(59,60)37-20-17-34(5)18-21-37)49-46(57)41(29-36-15-11-8-12-16-36)51-45(56)40(28-33(3)4)50-44(55)38(22-19-35-13-9-7-10-14-35)48-42(53)30-52-23-25-61-26-24-52/h7-18,20-21,32-33,38-41,58H,19,22-31H2,1-6H3,(H,48,53)(H,49,57)(H,50,55)(H,51,56)/t38-,39-,40-,41-,47+/m0/s1. The minimum atomic E-state index is -4.34. The summed E-state index contributed by atoms with van der Waals surface area (Å²) in [5, 5.41) is 22.6. The van der Waals surface area contributed by atoms with Crippen LogP contribution in [0, 0.1) is 18.8 Å². The molecular weight excluding hydrogens is 827 g/mol. The molecule has 1 aliphatic heterocycles. The number of ketones is 1. The van der Waals surface area contributed by atoms with Gasteiger partial charge in [0.2, 0.25) is 23.6 Å². The van der Waals surface area contributed by atoms with Crippen LogP contribution in [0.2, 0.25) is 0 Å². The first-order valence-electron chi connectivity index (χ1n) is 21.6. The van der Waals surface area contributed by atoms with Crippen molar-refractivity contribution in [2.75, 3.05) is 39.5 Å². The third-order valence-corrected chi connectivity index (χ3v) is 11.9. The Morgan fingerprint density at radius 1 is 0.714 bits per heavy atom. The fourth-order valence-electron chi connectivity index (χ4n) is 7.12. The topological polar surface area (TPSA) is 210 Å². The molecule has 63 heavy (non-hydrogen) atoms. The Morgan fingerprint density at radius 2 is 1.22 bits per heavy atom. The van der Waals surface area contributed by atoms with Gasteiger partial charge in [0, 0.05) is 19.5 Å². The first-order valence-corrected chi connectivity index (χ1v) is 23.0. The van der Waals surface area contributed by atoms with E-state index in [2.05, 4.69) is 21.3 Å². The Morgan fingerprint density at radius 3 is 1.81 bits per heavy atom. The molecule has 1 aliphatic rings. The zero-order valence-electron chi connectivity index (χ0n) is 37.3. The second-order valence-electron chi connectivity index (χ2n) is 17.3. The molecule has 0 radical (unpaired) electrons. The van der Waals surface area contributed by atoms with Gasteiger partial charge in [0.15, 0.2) is 5.78 Å². The highest BCUT2D eigenvalue weighted by Gasteiger charge is 2.40. The first-order chi connectivity index (χ1) is 29.8. The largest absolute Gasteiger partial charge is 0.380 e. The second-order valence-corrected chi connectivity index (χ2v) is 18.9. The molecular formula is C47H65N5O10S. The smallest absolute Gasteiger partial charge is 0.297 e. The second kappa shape index (κ2) is 24.2. The number of aliphatic hydroxyl groups is 1. The van der Waals surface area contributed by atoms with E-state index in [0.29, 0.717) is 38.3 Å². The lowest BCUT2D eigenvalue weighted by molar-refractivity contribution is -0.143. The van der Waals surface area contributed by atoms with Crippen LogP contribution in [0.15, 0.2) is 89.8 Å². The number of nitrogens with zero attached hydrogens (tertiary/aromatic N) is 1. The number of benzene rings is 3. The highest BCUT2D eigenvalue weighted by molar-refractivity contribution is 7.86. The van der Waals surface area contributed by atoms with E-state index >= 15 is 0 Å². The van der Waals surface area contributed by atoms with Gasteiger partial charge in [-0.05, 0) is 74.6 Å². The van der Waals surface area contributed by atoms with Crippen molar-refractivity contribution in [3.05, 3.63) is 102 Å². The Kier molecular flexibility index (Phi) is 19.4. The molecule has 0 aromatic heterocycles. The van der Waals surface area contributed by atoms with E-state index in [-0.39, 0.29) is 54.9 Å². The van der Waals surface area contributed by atoms with Crippen LogP contribution in [0.5, 0.6) is 0 Å². The van der Waals surface area contributed by atoms with Gasteiger partial charge in [-0.25, -0.2) is 0 Å². The average Bonchev–Trinajstić information content (AvgIpc) is 3.24. The lowest BCUT2D eigenvalue weighted by Crippen LogP contribution is -2.60. The molecule has 1 fully saturated rings. The summed E-state index contributed by atoms with van der Waals surface area (Å²) in [6, 6.07) is 19.7. The molecule has 344 valence electrons. The normalized spacial score (nSPS) is 16.3. The number of amides is 4. The molecule has 1 heterocycles. The number of nitrogens with one attached hydrogen (secondary N) is 4. The number of aryl methyl sites for hydroxylation is 2. The highest BCUT2D eigenvalue weighted by atomic mass is 32.2. The minimum Gasteiger partial charge on any atom is -0.380 e. The number of carbonyl (C=O) groups excluding carboxylic acids is 5. The minimum absolute atomic E-state index is 0.00887. The van der Waals surface area contributed by atoms with Gasteiger partial charge in [-0.15, -0.1) is 0 Å². The Balaban J connectivity index is 1.54. The van der Waals surface area contributed by atoms with Crippen LogP contribution in [0.4, 0.5) is 0 Å². The summed E-state index contributed by atoms with van der Waals surface area (Å²) in [5.74, 6) is -3.39. The summed E-state index contributed by atoms with van der Waals surface area (Å²) in [7, 11) is -4.34. The summed E-state index contributed by atoms with van der Waals surface area (Å²) in [4.78, 5) is 71.7. The predicted molar refractivity (Wildman–Crippen MR) is 239 cm³/mol. The lowest BCUT2D eigenvalue weighted by Gasteiger charge is -2.30. The number of Topliss-reactive ketones (excluding diaryl/α,β-unsaturated/α-hetero) is 1. The SMILES string of the molecule is Cc1ccc(S(=O)(=O)OC[C@@](C)(O)C(=O)[C@H](CC(C)C)NC(=O)[C@H](Cc2ccccc2)NC(=O)[C@H](CC(C)C)NC(=O)[C@H](CCc2ccccc2)NC(=O)CN2CCOCC2)cc1. The molecule has 4 amide bonds. The van der Waals surface area contributed by atoms with E-state index in [9.17, 15) is 37.5 Å². The number of hydrogen-bond acceptors (Lipinski definition) is 11. The number of hydrogen-bond donors (Lipinski definition) is 5. The first kappa shape index (κ1) is 50.6. The van der Waals surface area contributed by atoms with Crippen LogP contribution in [0.3, 0.4) is 0 Å². The van der Waals surface area contributed by atoms with Crippen molar-refractivity contribution < 1.29 is 46.4 Å². The van der Waals surface area contributed by atoms with Gasteiger partial charge in [0.25, 0.3) is 10.1 Å². The molecule has 0 saturated carbocycles. The van der Waals surface area contributed by atoms with E-state index in [1.807, 2.05) is 62.9 Å². The molecule has 4 rings (SSSR count). The molecule has 0 unspecified atom stereocenters. The molecule has 0 spiro atoms. The third-order valence-electron chi connectivity index (χ3n) is 10.6. The maximum atomic E-state index is 14.3. The van der Waals surface area contributed by atoms with Gasteiger partial charge in [0.05, 0.1) is 30.7 Å². The number of morpholine rings is 1. The number of ether oxygens (including phenoxy) is 1. The Hall–Kier alpha value is -5.00. The van der Waals surface area contributed by atoms with Crippen molar-refractivity contribution in [2.24, 2.45) is 11.8 Å². The quantitative estimate of drug-likeness (QED) is 0.0825. The van der Waals surface area contributed by atoms with Gasteiger partial charge in [-0.3, -0.25) is 33.1 Å². The summed E-state index contributed by atoms with van der Waals surface area (Å²) < 4.78 is 36.4. The van der Waals surface area contributed by atoms with Crippen LogP contribution < -0.4 is 21.3 Å². The molecule has 3 aromatic rings. The number of carbonyl (C=O) groups is 5. The molecule has 16 heteroatoms. The fourth-order valence-corrected chi connectivity index (χ4v) is 8.11. The maximum absolute atomic E-state index is 14.3. The fraction of sp³-hybridized carbons (Fsp3) is 0.511. The molecule has 5 N–H and O–H groups in total. The van der Waals surface area contributed by atoms with Crippen LogP contribution in [0.1, 0.15) is 70.6 Å². The summed E-state index contributed by atoms with van der Waals surface area (Å²) in [6.07, 6.45) is 1.03. The third kappa shape index (κ3) is 16.9. The maximum Gasteiger partial charge on any atom is 0.297 e. The number of rotatable bonds is 24. The van der Waals surface area contributed by atoms with Crippen LogP contribution in [-0.2, 0) is 55.9 Å². The zero-order chi connectivity index (χ0) is 46.2. The van der Waals surface area contributed by atoms with E-state index in [4.69, 9.17) is 8.92 Å². The zero-order valence-corrected chi connectivity index (χ0v) is 38.1. The van der Waals surface area contributed by atoms with E-state index < -0.39 is 70.0 Å². The molecule has 0 bridgehead atoms. The van der Waals surface area contributed by atoms with Gasteiger partial charge in [0.1, 0.15) is 30.3 Å². The van der Waals surface area contributed by atoms with Crippen LogP contribution in [0.25, 0.3) is 0 Å². The van der Waals surface area contributed by atoms with Crippen LogP contribution in [-0.4, -0.2) is 117 Å². The van der Waals surface area contributed by atoms with Gasteiger partial charge in [-0.1, -0.05) is 106 Å². The monoisotopic (exact) mass is 891 g/mol. The summed E-state index contributed by atoms with van der Waals surface area (Å²) in [5.41, 5.74) is 0.151.